The van der Waals surface area contributed by atoms with Crippen LogP contribution in [0.1, 0.15) is 31.9 Å². The Kier molecular flexibility index (Phi) is 17.5. The molecule has 236 valence electrons. The number of ether oxygens (including phenoxy) is 7. The minimum absolute atomic E-state index is 0.000140. The zero-order valence-electron chi connectivity index (χ0n) is 25.1. The van der Waals surface area contributed by atoms with Gasteiger partial charge in [0.05, 0.1) is 66.1 Å². The van der Waals surface area contributed by atoms with Gasteiger partial charge in [-0.25, -0.2) is 4.79 Å². The summed E-state index contributed by atoms with van der Waals surface area (Å²) in [5.74, 6) is 1.41. The third kappa shape index (κ3) is 16.5. The second-order valence-corrected chi connectivity index (χ2v) is 10.2. The van der Waals surface area contributed by atoms with Gasteiger partial charge >= 0.3 is 6.09 Å². The maximum atomic E-state index is 13.1. The Balaban J connectivity index is 1.84. The molecule has 0 fully saturated rings. The highest BCUT2D eigenvalue weighted by Gasteiger charge is 2.22. The van der Waals surface area contributed by atoms with E-state index in [1.807, 2.05) is 69.3 Å². The Bertz CT molecular complexity index is 898. The molecule has 0 aliphatic heterocycles. The summed E-state index contributed by atoms with van der Waals surface area (Å²) in [7, 11) is 0. The first-order valence-corrected chi connectivity index (χ1v) is 14.2. The topological polar surface area (TPSA) is 125 Å². The number of aliphatic hydroxyl groups is 2. The number of carbonyl (C=O) groups excluding carboxylic acids is 1. The second-order valence-electron chi connectivity index (χ2n) is 10.2. The minimum atomic E-state index is -0.620. The van der Waals surface area contributed by atoms with Crippen LogP contribution >= 0.6 is 0 Å². The van der Waals surface area contributed by atoms with Gasteiger partial charge < -0.3 is 43.4 Å². The number of rotatable bonds is 22. The summed E-state index contributed by atoms with van der Waals surface area (Å²) < 4.78 is 38.3. The molecule has 0 aliphatic carbocycles. The first-order chi connectivity index (χ1) is 20.3. The number of hydrogen-bond donors (Lipinski definition) is 2. The van der Waals surface area contributed by atoms with Crippen LogP contribution in [-0.4, -0.2) is 106 Å². The fraction of sp³-hybridized carbons (Fsp3) is 0.581. The average molecular weight is 594 g/mol. The summed E-state index contributed by atoms with van der Waals surface area (Å²) in [5, 5.41) is 17.4. The highest BCUT2D eigenvalue weighted by atomic mass is 16.6. The summed E-state index contributed by atoms with van der Waals surface area (Å²) in [4.78, 5) is 14.7. The van der Waals surface area contributed by atoms with Crippen molar-refractivity contribution in [2.45, 2.75) is 39.5 Å². The van der Waals surface area contributed by atoms with Gasteiger partial charge in [-0.05, 0) is 56.2 Å². The van der Waals surface area contributed by atoms with Crippen LogP contribution in [0.4, 0.5) is 4.79 Å². The predicted molar refractivity (Wildman–Crippen MR) is 157 cm³/mol. The number of amides is 1. The first-order valence-electron chi connectivity index (χ1n) is 14.2. The van der Waals surface area contributed by atoms with Crippen LogP contribution in [0.15, 0.2) is 48.5 Å². The van der Waals surface area contributed by atoms with Crippen LogP contribution in [-0.2, 0) is 36.8 Å². The molecule has 1 amide bonds. The fourth-order valence-corrected chi connectivity index (χ4v) is 3.54. The van der Waals surface area contributed by atoms with E-state index in [0.29, 0.717) is 90.7 Å². The molecule has 42 heavy (non-hydrogen) atoms. The minimum Gasteiger partial charge on any atom is -0.491 e. The number of aliphatic hydroxyl groups excluding tert-OH is 2. The Morgan fingerprint density at radius 2 is 0.952 bits per heavy atom. The Morgan fingerprint density at radius 3 is 1.31 bits per heavy atom. The van der Waals surface area contributed by atoms with Crippen molar-refractivity contribution in [3.63, 3.8) is 0 Å². The fourth-order valence-electron chi connectivity index (χ4n) is 3.54. The lowest BCUT2D eigenvalue weighted by atomic mass is 10.1. The highest BCUT2D eigenvalue weighted by molar-refractivity contribution is 5.68. The molecule has 2 aromatic carbocycles. The van der Waals surface area contributed by atoms with E-state index in [-0.39, 0.29) is 13.2 Å². The average Bonchev–Trinajstić information content (AvgIpc) is 2.96. The molecule has 2 N–H and O–H groups in total. The summed E-state index contributed by atoms with van der Waals surface area (Å²) >= 11 is 0. The Hall–Kier alpha value is -2.93. The van der Waals surface area contributed by atoms with Gasteiger partial charge in [0.2, 0.25) is 0 Å². The molecule has 0 bridgehead atoms. The van der Waals surface area contributed by atoms with E-state index < -0.39 is 11.7 Å². The molecular formula is C31H47NO10. The lowest BCUT2D eigenvalue weighted by Crippen LogP contribution is -2.36. The van der Waals surface area contributed by atoms with Crippen LogP contribution in [0.2, 0.25) is 0 Å². The zero-order valence-corrected chi connectivity index (χ0v) is 25.1. The molecular weight excluding hydrogens is 546 g/mol. The van der Waals surface area contributed by atoms with Gasteiger partial charge in [0.1, 0.15) is 30.3 Å². The van der Waals surface area contributed by atoms with E-state index >= 15 is 0 Å². The van der Waals surface area contributed by atoms with Gasteiger partial charge in [-0.2, -0.15) is 0 Å². The number of benzene rings is 2. The van der Waals surface area contributed by atoms with Crippen molar-refractivity contribution in [1.82, 2.24) is 4.90 Å². The van der Waals surface area contributed by atoms with Crippen molar-refractivity contribution < 1.29 is 48.2 Å². The van der Waals surface area contributed by atoms with Crippen molar-refractivity contribution in [3.8, 4) is 11.5 Å². The van der Waals surface area contributed by atoms with Gasteiger partial charge in [-0.1, -0.05) is 24.3 Å². The molecule has 0 spiro atoms. The summed E-state index contributed by atoms with van der Waals surface area (Å²) in [6, 6.07) is 15.2. The van der Waals surface area contributed by atoms with Crippen LogP contribution < -0.4 is 9.47 Å². The molecule has 2 aromatic rings. The summed E-state index contributed by atoms with van der Waals surface area (Å²) in [6.07, 6.45) is -0.400. The van der Waals surface area contributed by atoms with E-state index in [1.165, 1.54) is 0 Å². The van der Waals surface area contributed by atoms with Crippen molar-refractivity contribution in [3.05, 3.63) is 59.7 Å². The van der Waals surface area contributed by atoms with Gasteiger partial charge in [-0.15, -0.1) is 0 Å². The molecule has 11 nitrogen and oxygen atoms in total. The van der Waals surface area contributed by atoms with E-state index in [9.17, 15) is 4.79 Å². The number of carbonyl (C=O) groups is 1. The molecule has 0 saturated heterocycles. The van der Waals surface area contributed by atoms with Crippen LogP contribution in [0.5, 0.6) is 11.5 Å². The largest absolute Gasteiger partial charge is 0.491 e. The van der Waals surface area contributed by atoms with E-state index in [4.69, 9.17) is 43.4 Å². The lowest BCUT2D eigenvalue weighted by Gasteiger charge is -2.27. The number of nitrogens with zero attached hydrogens (tertiary/aromatic N) is 1. The molecule has 0 aromatic heterocycles. The van der Waals surface area contributed by atoms with Crippen LogP contribution in [0.3, 0.4) is 0 Å². The van der Waals surface area contributed by atoms with Crippen molar-refractivity contribution in [2.24, 2.45) is 0 Å². The Labute approximate surface area is 249 Å². The normalized spacial score (nSPS) is 11.4. The molecule has 11 heteroatoms. The highest BCUT2D eigenvalue weighted by Crippen LogP contribution is 2.20. The van der Waals surface area contributed by atoms with Crippen molar-refractivity contribution in [2.75, 3.05) is 79.3 Å². The van der Waals surface area contributed by atoms with E-state index in [2.05, 4.69) is 0 Å². The van der Waals surface area contributed by atoms with Crippen molar-refractivity contribution in [1.29, 1.82) is 0 Å². The molecule has 0 saturated carbocycles. The zero-order chi connectivity index (χ0) is 30.5. The van der Waals surface area contributed by atoms with Crippen LogP contribution in [0, 0.1) is 0 Å². The summed E-state index contributed by atoms with van der Waals surface area (Å²) in [5.41, 5.74) is 1.25. The van der Waals surface area contributed by atoms with Gasteiger partial charge in [-0.3, -0.25) is 4.90 Å². The molecule has 0 radical (unpaired) electrons. The van der Waals surface area contributed by atoms with E-state index in [0.717, 1.165) is 11.1 Å². The third-order valence-electron chi connectivity index (χ3n) is 5.45. The van der Waals surface area contributed by atoms with Crippen LogP contribution in [0.25, 0.3) is 0 Å². The first kappa shape index (κ1) is 35.3. The lowest BCUT2D eigenvalue weighted by molar-refractivity contribution is 0.0216. The molecule has 0 unspecified atom stereocenters. The maximum absolute atomic E-state index is 13.1. The molecule has 0 atom stereocenters. The van der Waals surface area contributed by atoms with Gasteiger partial charge in [0.15, 0.2) is 0 Å². The van der Waals surface area contributed by atoms with Crippen molar-refractivity contribution >= 4 is 6.09 Å². The molecule has 0 heterocycles. The van der Waals surface area contributed by atoms with Gasteiger partial charge in [0, 0.05) is 13.1 Å². The quantitative estimate of drug-likeness (QED) is 0.196. The van der Waals surface area contributed by atoms with Gasteiger partial charge in [0.25, 0.3) is 0 Å². The second kappa shape index (κ2) is 20.9. The third-order valence-corrected chi connectivity index (χ3v) is 5.45. The maximum Gasteiger partial charge on any atom is 0.410 e. The Morgan fingerprint density at radius 1 is 0.595 bits per heavy atom. The SMILES string of the molecule is CC(C)(C)OC(=O)N(Cc1ccc(OCCOCCOCCO)cc1)Cc1ccc(OCCOCCOCCO)cc1. The smallest absolute Gasteiger partial charge is 0.410 e. The van der Waals surface area contributed by atoms with E-state index in [1.54, 1.807) is 4.90 Å². The molecule has 0 aliphatic rings. The number of hydrogen-bond acceptors (Lipinski definition) is 10. The molecule has 2 rings (SSSR count). The predicted octanol–water partition coefficient (Wildman–Crippen LogP) is 3.43. The standard InChI is InChI=1S/C31H47NO10/c1-31(2,3)42-30(35)32(24-26-4-8-28(9-5-26)40-22-20-38-18-16-36-14-12-33)25-27-6-10-29(11-7-27)41-23-21-39-19-17-37-15-13-34/h4-11,33-34H,12-25H2,1-3H3. The monoisotopic (exact) mass is 593 g/mol. The summed E-state index contributed by atoms with van der Waals surface area (Å²) in [6.45, 7) is 10.3.